The van der Waals surface area contributed by atoms with E-state index in [0.29, 0.717) is 15.7 Å². The lowest BCUT2D eigenvalue weighted by molar-refractivity contribution is 0.862. The van der Waals surface area contributed by atoms with Gasteiger partial charge in [-0.15, -0.1) is 10.2 Å². The van der Waals surface area contributed by atoms with Crippen LogP contribution in [0.3, 0.4) is 0 Å². The Bertz CT molecular complexity index is 1100. The molecule has 0 fully saturated rings. The number of nitrogens with two attached hydrogens (primary N) is 1. The molecule has 0 radical (unpaired) electrons. The second kappa shape index (κ2) is 5.54. The lowest BCUT2D eigenvalue weighted by Gasteiger charge is -2.01. The first-order valence-electron chi connectivity index (χ1n) is 7.32. The van der Waals surface area contributed by atoms with Gasteiger partial charge in [0.2, 0.25) is 4.96 Å². The first-order chi connectivity index (χ1) is 11.6. The fourth-order valence-electron chi connectivity index (χ4n) is 2.38. The summed E-state index contributed by atoms with van der Waals surface area (Å²) in [6.07, 6.45) is 0. The van der Waals surface area contributed by atoms with Gasteiger partial charge in [-0.3, -0.25) is 4.79 Å². The van der Waals surface area contributed by atoms with Crippen molar-refractivity contribution in [3.8, 4) is 21.8 Å². The average Bonchev–Trinajstić information content (AvgIpc) is 3.04. The van der Waals surface area contributed by atoms with Crippen molar-refractivity contribution < 1.29 is 0 Å². The number of fused-ring (bicyclic) bond motifs is 1. The van der Waals surface area contributed by atoms with Crippen molar-refractivity contribution in [2.24, 2.45) is 0 Å². The van der Waals surface area contributed by atoms with Gasteiger partial charge in [0.25, 0.3) is 0 Å². The van der Waals surface area contributed by atoms with Crippen LogP contribution in [0.5, 0.6) is 0 Å². The molecule has 0 saturated heterocycles. The van der Waals surface area contributed by atoms with E-state index in [1.165, 1.54) is 15.9 Å². The van der Waals surface area contributed by atoms with Gasteiger partial charge in [-0.1, -0.05) is 53.8 Å². The van der Waals surface area contributed by atoms with Gasteiger partial charge in [-0.2, -0.15) is 9.61 Å². The van der Waals surface area contributed by atoms with E-state index in [-0.39, 0.29) is 11.3 Å². The highest BCUT2D eigenvalue weighted by molar-refractivity contribution is 7.19. The maximum atomic E-state index is 12.7. The summed E-state index contributed by atoms with van der Waals surface area (Å²) in [6.45, 7) is 1.94. The van der Waals surface area contributed by atoms with Gasteiger partial charge in [0.1, 0.15) is 5.01 Å². The molecule has 7 heteroatoms. The van der Waals surface area contributed by atoms with Gasteiger partial charge in [0, 0.05) is 16.8 Å². The van der Waals surface area contributed by atoms with Crippen LogP contribution >= 0.6 is 11.3 Å². The van der Waals surface area contributed by atoms with Crippen molar-refractivity contribution in [1.29, 1.82) is 0 Å². The van der Waals surface area contributed by atoms with E-state index in [1.807, 2.05) is 55.5 Å². The van der Waals surface area contributed by atoms with Crippen LogP contribution in [0.25, 0.3) is 26.8 Å². The van der Waals surface area contributed by atoms with Crippen molar-refractivity contribution in [3.05, 3.63) is 64.4 Å². The third-order valence-electron chi connectivity index (χ3n) is 3.76. The first-order valence-corrected chi connectivity index (χ1v) is 8.13. The molecule has 6 nitrogen and oxygen atoms in total. The minimum Gasteiger partial charge on any atom is -0.398 e. The lowest BCUT2D eigenvalue weighted by Crippen LogP contribution is -2.19. The first kappa shape index (κ1) is 14.5. The van der Waals surface area contributed by atoms with E-state index in [1.54, 1.807) is 0 Å². The van der Waals surface area contributed by atoms with E-state index in [0.717, 1.165) is 16.7 Å². The Kier molecular flexibility index (Phi) is 3.35. The van der Waals surface area contributed by atoms with Gasteiger partial charge in [-0.25, -0.2) is 0 Å². The molecule has 2 aromatic carbocycles. The highest BCUT2D eigenvalue weighted by Crippen LogP contribution is 2.27. The van der Waals surface area contributed by atoms with Gasteiger partial charge in [-0.05, 0) is 18.6 Å². The number of anilines is 1. The Morgan fingerprint density at radius 1 is 1.04 bits per heavy atom. The molecule has 4 rings (SSSR count). The molecule has 2 heterocycles. The van der Waals surface area contributed by atoms with Crippen LogP contribution in [-0.2, 0) is 0 Å². The quantitative estimate of drug-likeness (QED) is 0.569. The third-order valence-corrected chi connectivity index (χ3v) is 4.71. The van der Waals surface area contributed by atoms with Crippen molar-refractivity contribution in [1.82, 2.24) is 19.8 Å². The van der Waals surface area contributed by atoms with E-state index in [4.69, 9.17) is 5.73 Å². The zero-order valence-electron chi connectivity index (χ0n) is 12.8. The van der Waals surface area contributed by atoms with Gasteiger partial charge < -0.3 is 5.73 Å². The highest BCUT2D eigenvalue weighted by atomic mass is 32.1. The second-order valence-corrected chi connectivity index (χ2v) is 6.35. The largest absolute Gasteiger partial charge is 0.398 e. The molecule has 4 aromatic rings. The number of nitrogen functional groups attached to an aromatic ring is 1. The Morgan fingerprint density at radius 3 is 2.58 bits per heavy atom. The molecule has 0 amide bonds. The molecule has 2 N–H and O–H groups in total. The summed E-state index contributed by atoms with van der Waals surface area (Å²) in [4.78, 5) is 13.1. The summed E-state index contributed by atoms with van der Waals surface area (Å²) in [5, 5.41) is 13.3. The number of aromatic nitrogens is 4. The highest BCUT2D eigenvalue weighted by Gasteiger charge is 2.14. The van der Waals surface area contributed by atoms with Crippen molar-refractivity contribution in [2.45, 2.75) is 6.92 Å². The summed E-state index contributed by atoms with van der Waals surface area (Å²) >= 11 is 1.31. The Balaban J connectivity index is 1.88. The van der Waals surface area contributed by atoms with Gasteiger partial charge in [0.05, 0.1) is 0 Å². The second-order valence-electron chi connectivity index (χ2n) is 5.39. The van der Waals surface area contributed by atoms with Crippen LogP contribution in [-0.4, -0.2) is 19.8 Å². The van der Waals surface area contributed by atoms with Crippen LogP contribution in [0.15, 0.2) is 53.3 Å². The van der Waals surface area contributed by atoms with E-state index >= 15 is 0 Å². The molecular formula is C17H13N5OS. The summed E-state index contributed by atoms with van der Waals surface area (Å²) in [5.74, 6) is 0. The number of aryl methyl sites for hydroxylation is 1. The minimum absolute atomic E-state index is 0.284. The molecule has 0 atom stereocenters. The number of hydrogen-bond donors (Lipinski definition) is 1. The summed E-state index contributed by atoms with van der Waals surface area (Å²) in [5.41, 5.74) is 9.23. The molecule has 2 aromatic heterocycles. The molecule has 24 heavy (non-hydrogen) atoms. The monoisotopic (exact) mass is 335 g/mol. The molecule has 118 valence electrons. The summed E-state index contributed by atoms with van der Waals surface area (Å²) in [6, 6.07) is 15.0. The van der Waals surface area contributed by atoms with Gasteiger partial charge in [0.15, 0.2) is 5.69 Å². The predicted octanol–water partition coefficient (Wildman–Crippen LogP) is 2.77. The third kappa shape index (κ3) is 2.35. The lowest BCUT2D eigenvalue weighted by atomic mass is 10.1. The molecule has 0 spiro atoms. The SMILES string of the molecule is Cc1ccc(-c2nn3c(=O)c(-c4ccccc4)nnc3s2)cc1N. The van der Waals surface area contributed by atoms with Crippen molar-refractivity contribution in [3.63, 3.8) is 0 Å². The zero-order valence-corrected chi connectivity index (χ0v) is 13.6. The van der Waals surface area contributed by atoms with E-state index in [9.17, 15) is 4.79 Å². The summed E-state index contributed by atoms with van der Waals surface area (Å²) in [7, 11) is 0. The fraction of sp³-hybridized carbons (Fsp3) is 0.0588. The Hall–Kier alpha value is -3.06. The van der Waals surface area contributed by atoms with E-state index < -0.39 is 0 Å². The standard InChI is InChI=1S/C17H13N5OS/c1-10-7-8-12(9-13(10)18)15-21-22-16(23)14(19-20-17(22)24-15)11-5-3-2-4-6-11/h2-9H,18H2,1H3. The van der Waals surface area contributed by atoms with Crippen LogP contribution in [0.2, 0.25) is 0 Å². The normalized spacial score (nSPS) is 11.0. The zero-order chi connectivity index (χ0) is 16.7. The predicted molar refractivity (Wildman–Crippen MR) is 95.0 cm³/mol. The molecule has 0 unspecified atom stereocenters. The topological polar surface area (TPSA) is 86.2 Å². The number of hydrogen-bond acceptors (Lipinski definition) is 6. The molecular weight excluding hydrogens is 322 g/mol. The Labute approximate surface area is 141 Å². The van der Waals surface area contributed by atoms with Crippen LogP contribution in [0.1, 0.15) is 5.56 Å². The number of benzene rings is 2. The number of nitrogens with zero attached hydrogens (tertiary/aromatic N) is 4. The average molecular weight is 335 g/mol. The molecule has 0 saturated carbocycles. The van der Waals surface area contributed by atoms with Crippen molar-refractivity contribution in [2.75, 3.05) is 5.73 Å². The van der Waals surface area contributed by atoms with Crippen LogP contribution in [0, 0.1) is 6.92 Å². The number of rotatable bonds is 2. The molecule has 0 bridgehead atoms. The molecule has 0 aliphatic carbocycles. The van der Waals surface area contributed by atoms with Gasteiger partial charge >= 0.3 is 5.56 Å². The minimum atomic E-state index is -0.284. The molecule has 0 aliphatic rings. The smallest absolute Gasteiger partial charge is 0.302 e. The van der Waals surface area contributed by atoms with Crippen LogP contribution < -0.4 is 11.3 Å². The fourth-order valence-corrected chi connectivity index (χ4v) is 3.21. The van der Waals surface area contributed by atoms with E-state index in [2.05, 4.69) is 15.3 Å². The van der Waals surface area contributed by atoms with Crippen LogP contribution in [0.4, 0.5) is 5.69 Å². The Morgan fingerprint density at radius 2 is 1.83 bits per heavy atom. The van der Waals surface area contributed by atoms with Crippen molar-refractivity contribution >= 4 is 22.0 Å². The molecule has 0 aliphatic heterocycles. The maximum absolute atomic E-state index is 12.7. The maximum Gasteiger partial charge on any atom is 0.302 e. The summed E-state index contributed by atoms with van der Waals surface area (Å²) < 4.78 is 1.30.